The van der Waals surface area contributed by atoms with Crippen LogP contribution in [0.1, 0.15) is 91.0 Å². The highest BCUT2D eigenvalue weighted by molar-refractivity contribution is 5.87. The molecule has 4 amide bonds. The molecule has 0 spiro atoms. The Morgan fingerprint density at radius 3 is 1.43 bits per heavy atom. The van der Waals surface area contributed by atoms with Gasteiger partial charge in [-0.25, -0.2) is 14.8 Å². The molecule has 0 bridgehead atoms. The van der Waals surface area contributed by atoms with E-state index < -0.39 is 16.9 Å². The zero-order chi connectivity index (χ0) is 40.6. The topological polar surface area (TPSA) is 165 Å². The molecule has 2 aromatic carbocycles. The third-order valence-electron chi connectivity index (χ3n) is 11.2. The van der Waals surface area contributed by atoms with Crippen LogP contribution >= 0.6 is 0 Å². The molecule has 0 saturated heterocycles. The first-order chi connectivity index (χ1) is 26.4. The summed E-state index contributed by atoms with van der Waals surface area (Å²) in [5.74, 6) is 1.23. The Hall–Kier alpha value is -5.46. The monoisotopic (exact) mass is 764 g/mol. The van der Waals surface area contributed by atoms with Crippen LogP contribution in [0.5, 0.6) is 0 Å². The average Bonchev–Trinajstić information content (AvgIpc) is 4.01. The molecule has 2 aromatic heterocycles. The Labute approximate surface area is 329 Å². The van der Waals surface area contributed by atoms with E-state index >= 15 is 0 Å². The van der Waals surface area contributed by atoms with Gasteiger partial charge >= 0.3 is 6.09 Å². The average molecular weight is 765 g/mol. The number of H-pyrrole nitrogens is 2. The van der Waals surface area contributed by atoms with Gasteiger partial charge in [0.25, 0.3) is 0 Å². The first-order valence-electron chi connectivity index (χ1n) is 19.3. The Balaban J connectivity index is 1.12. The first-order valence-corrected chi connectivity index (χ1v) is 19.3. The van der Waals surface area contributed by atoms with Crippen LogP contribution < -0.4 is 10.6 Å². The van der Waals surface area contributed by atoms with E-state index in [0.29, 0.717) is 37.6 Å². The number of rotatable bonds is 14. The van der Waals surface area contributed by atoms with E-state index in [1.807, 2.05) is 0 Å². The van der Waals surface area contributed by atoms with E-state index in [9.17, 15) is 19.2 Å². The molecule has 4 aromatic rings. The summed E-state index contributed by atoms with van der Waals surface area (Å²) in [7, 11) is 4.68. The van der Waals surface area contributed by atoms with Gasteiger partial charge in [0.05, 0.1) is 53.8 Å². The number of ether oxygens (including phenoxy) is 1. The van der Waals surface area contributed by atoms with Crippen LogP contribution in [0, 0.1) is 21.7 Å². The van der Waals surface area contributed by atoms with Crippen LogP contribution in [0.3, 0.4) is 0 Å². The third kappa shape index (κ3) is 8.66. The number of amides is 4. The number of hydrogen-bond acceptors (Lipinski definition) is 7. The zero-order valence-electron chi connectivity index (χ0n) is 34.1. The fourth-order valence-corrected chi connectivity index (χ4v) is 7.31. The summed E-state index contributed by atoms with van der Waals surface area (Å²) in [6, 6.07) is 15.8. The van der Waals surface area contributed by atoms with Gasteiger partial charge < -0.3 is 35.1 Å². The van der Waals surface area contributed by atoms with Gasteiger partial charge in [-0.05, 0) is 58.8 Å². The molecule has 6 rings (SSSR count). The number of benzene rings is 2. The maximum atomic E-state index is 13.6. The van der Waals surface area contributed by atoms with Gasteiger partial charge in [0.2, 0.25) is 18.2 Å². The van der Waals surface area contributed by atoms with Gasteiger partial charge in [-0.2, -0.15) is 0 Å². The summed E-state index contributed by atoms with van der Waals surface area (Å²) in [6.45, 7) is 13.1. The molecule has 2 aliphatic rings. The van der Waals surface area contributed by atoms with Crippen molar-refractivity contribution in [1.82, 2.24) is 40.4 Å². The lowest BCUT2D eigenvalue weighted by molar-refractivity contribution is -0.130. The van der Waals surface area contributed by atoms with Crippen molar-refractivity contribution in [3.8, 4) is 33.6 Å². The number of hydrogen-bond donors (Lipinski definition) is 4. The van der Waals surface area contributed by atoms with E-state index in [-0.39, 0.29) is 34.7 Å². The highest BCUT2D eigenvalue weighted by atomic mass is 16.5. The number of nitrogens with one attached hydrogen (secondary N) is 4. The molecule has 13 nitrogen and oxygen atoms in total. The number of nitrogens with zero attached hydrogens (tertiary/aromatic N) is 4. The summed E-state index contributed by atoms with van der Waals surface area (Å²) in [5.41, 5.74) is 3.96. The molecule has 0 radical (unpaired) electrons. The smallest absolute Gasteiger partial charge is 0.409 e. The van der Waals surface area contributed by atoms with Crippen LogP contribution in [0.25, 0.3) is 33.6 Å². The normalized spacial score (nSPS) is 16.6. The van der Waals surface area contributed by atoms with Gasteiger partial charge in [0.15, 0.2) is 0 Å². The van der Waals surface area contributed by atoms with Crippen molar-refractivity contribution in [3.05, 3.63) is 72.6 Å². The van der Waals surface area contributed by atoms with Gasteiger partial charge in [0.1, 0.15) is 11.6 Å². The van der Waals surface area contributed by atoms with Crippen LogP contribution in [0.15, 0.2) is 60.9 Å². The van der Waals surface area contributed by atoms with Crippen molar-refractivity contribution in [2.24, 2.45) is 21.7 Å². The standard InChI is InChI=1S/C43H56N8O5/c1-40(2,3)33(48-37(53)42(18-19-42)24-50(7)26-52)35-44-22-31(46-35)29-14-10-27(11-15-29)28-12-16-30(17-13-28)32-23-45-36(47-32)34(41(4,5)6)49-38(54)43(20-21-43)25-51(8)39(55)56-9/h10-17,22-23,26,33-34H,18-21,24-25H2,1-9H3,(H,44,46)(H,45,47)(H,48,53)(H,49,54). The van der Waals surface area contributed by atoms with Crippen LogP contribution in [0.2, 0.25) is 0 Å². The van der Waals surface area contributed by atoms with Crippen LogP contribution in [0.4, 0.5) is 4.79 Å². The number of carbonyl (C=O) groups is 4. The second-order valence-corrected chi connectivity index (χ2v) is 18.0. The lowest BCUT2D eigenvalue weighted by atomic mass is 9.85. The maximum absolute atomic E-state index is 13.6. The molecule has 2 fully saturated rings. The minimum absolute atomic E-state index is 0.0461. The fourth-order valence-electron chi connectivity index (χ4n) is 7.31. The number of imidazole rings is 2. The van der Waals surface area contributed by atoms with Crippen LogP contribution in [-0.2, 0) is 19.1 Å². The molecule has 2 heterocycles. The van der Waals surface area contributed by atoms with E-state index in [0.717, 1.165) is 52.9 Å². The summed E-state index contributed by atoms with van der Waals surface area (Å²) >= 11 is 0. The number of aromatic amines is 2. The molecule has 56 heavy (non-hydrogen) atoms. The third-order valence-corrected chi connectivity index (χ3v) is 11.2. The van der Waals surface area contributed by atoms with Crippen molar-refractivity contribution in [3.63, 3.8) is 0 Å². The molecular weight excluding hydrogens is 709 g/mol. The Kier molecular flexibility index (Phi) is 10.9. The second kappa shape index (κ2) is 15.2. The Bertz CT molecular complexity index is 2050. The molecular formula is C43H56N8O5. The van der Waals surface area contributed by atoms with Crippen molar-refractivity contribution in [1.29, 1.82) is 0 Å². The lowest BCUT2D eigenvalue weighted by Crippen LogP contribution is -2.45. The predicted molar refractivity (Wildman–Crippen MR) is 215 cm³/mol. The maximum Gasteiger partial charge on any atom is 0.409 e. The van der Waals surface area contributed by atoms with Crippen LogP contribution in [-0.4, -0.2) is 88.3 Å². The lowest BCUT2D eigenvalue weighted by Gasteiger charge is -2.32. The minimum atomic E-state index is -0.623. The zero-order valence-corrected chi connectivity index (χ0v) is 34.1. The van der Waals surface area contributed by atoms with E-state index in [4.69, 9.17) is 14.7 Å². The van der Waals surface area contributed by atoms with Gasteiger partial charge in [-0.15, -0.1) is 0 Å². The highest BCUT2D eigenvalue weighted by Crippen LogP contribution is 2.48. The predicted octanol–water partition coefficient (Wildman–Crippen LogP) is 6.89. The van der Waals surface area contributed by atoms with Crippen molar-refractivity contribution in [2.45, 2.75) is 79.3 Å². The fraction of sp³-hybridized carbons (Fsp3) is 0.488. The molecule has 298 valence electrons. The summed E-state index contributed by atoms with van der Waals surface area (Å²) in [5, 5.41) is 6.48. The number of carbonyl (C=O) groups excluding carboxylic acids is 4. The Morgan fingerprint density at radius 2 is 1.09 bits per heavy atom. The summed E-state index contributed by atoms with van der Waals surface area (Å²) < 4.78 is 4.83. The second-order valence-electron chi connectivity index (χ2n) is 18.0. The summed E-state index contributed by atoms with van der Waals surface area (Å²) in [6.07, 6.45) is 6.85. The largest absolute Gasteiger partial charge is 0.453 e. The Morgan fingerprint density at radius 1 is 0.714 bits per heavy atom. The number of methoxy groups -OCH3 is 1. The molecule has 0 aliphatic heterocycles. The molecule has 2 unspecified atom stereocenters. The molecule has 2 saturated carbocycles. The molecule has 13 heteroatoms. The van der Waals surface area contributed by atoms with Gasteiger partial charge in [-0.1, -0.05) is 90.1 Å². The number of aromatic nitrogens is 4. The quantitative estimate of drug-likeness (QED) is 0.102. The molecule has 4 N–H and O–H groups in total. The van der Waals surface area contributed by atoms with Gasteiger partial charge in [0, 0.05) is 27.2 Å². The molecule has 2 aliphatic carbocycles. The summed E-state index contributed by atoms with van der Waals surface area (Å²) in [4.78, 5) is 69.5. The first kappa shape index (κ1) is 40.2. The minimum Gasteiger partial charge on any atom is -0.453 e. The van der Waals surface area contributed by atoms with Crippen molar-refractivity contribution in [2.75, 3.05) is 34.3 Å². The van der Waals surface area contributed by atoms with E-state index in [1.165, 1.54) is 16.9 Å². The van der Waals surface area contributed by atoms with Crippen molar-refractivity contribution < 1.29 is 23.9 Å². The molecule has 2 atom stereocenters. The van der Waals surface area contributed by atoms with Gasteiger partial charge in [-0.3, -0.25) is 14.4 Å². The highest BCUT2D eigenvalue weighted by Gasteiger charge is 2.53. The van der Waals surface area contributed by atoms with E-state index in [2.05, 4.69) is 111 Å². The van der Waals surface area contributed by atoms with E-state index in [1.54, 1.807) is 26.5 Å². The van der Waals surface area contributed by atoms with Crippen molar-refractivity contribution >= 4 is 24.3 Å². The SMILES string of the molecule is COC(=O)N(C)CC1(C(=O)NC(c2ncc(-c3ccc(-c4ccc(-c5cnc(C(NC(=O)C6(CN(C)C=O)CC6)C(C)(C)C)[nH]5)cc4)cc3)[nH]2)C(C)(C)C)CC1.